The Morgan fingerprint density at radius 2 is 1.93 bits per heavy atom. The number of anilines is 1. The third-order valence-corrected chi connectivity index (χ3v) is 6.65. The maximum Gasteiger partial charge on any atom is 0.211 e. The highest BCUT2D eigenvalue weighted by molar-refractivity contribution is 7.13. The van der Waals surface area contributed by atoms with Crippen molar-refractivity contribution >= 4 is 28.6 Å². The summed E-state index contributed by atoms with van der Waals surface area (Å²) in [5.74, 6) is 2.59. The summed E-state index contributed by atoms with van der Waals surface area (Å²) < 4.78 is 1.58. The molecule has 162 valence electrons. The molecule has 30 heavy (non-hydrogen) atoms. The molecule has 1 aliphatic rings. The van der Waals surface area contributed by atoms with E-state index in [1.165, 1.54) is 49.9 Å². The van der Waals surface area contributed by atoms with Crippen LogP contribution < -0.4 is 5.73 Å². The number of pyridine rings is 1. The molecule has 1 aliphatic carbocycles. The van der Waals surface area contributed by atoms with Gasteiger partial charge in [0.25, 0.3) is 0 Å². The second-order valence-corrected chi connectivity index (χ2v) is 8.66. The number of aromatic nitrogens is 4. The van der Waals surface area contributed by atoms with Crippen LogP contribution in [0.2, 0.25) is 0 Å². The van der Waals surface area contributed by atoms with Crippen LogP contribution in [0.5, 0.6) is 0 Å². The van der Waals surface area contributed by atoms with Gasteiger partial charge < -0.3 is 5.73 Å². The van der Waals surface area contributed by atoms with Crippen LogP contribution >= 0.6 is 11.3 Å². The van der Waals surface area contributed by atoms with E-state index in [-0.39, 0.29) is 5.78 Å². The molecule has 1 saturated carbocycles. The molecule has 4 rings (SSSR count). The van der Waals surface area contributed by atoms with Crippen LogP contribution in [-0.4, -0.2) is 25.4 Å². The number of carbonyl (C=O) groups is 1. The van der Waals surface area contributed by atoms with Gasteiger partial charge in [-0.1, -0.05) is 59.3 Å². The zero-order valence-corrected chi connectivity index (χ0v) is 19.1. The highest BCUT2D eigenvalue weighted by atomic mass is 32.1. The monoisotopic (exact) mass is 427 g/mol. The number of thiazole rings is 1. The number of rotatable bonds is 7. The Labute approximate surface area is 182 Å². The Bertz CT molecular complexity index is 948. The van der Waals surface area contributed by atoms with Gasteiger partial charge in [0.1, 0.15) is 5.82 Å². The first-order valence-electron chi connectivity index (χ1n) is 11.2. The average molecular weight is 428 g/mol. The normalized spacial score (nSPS) is 18.8. The van der Waals surface area contributed by atoms with Crippen molar-refractivity contribution < 1.29 is 4.79 Å². The van der Waals surface area contributed by atoms with E-state index >= 15 is 0 Å². The number of hydrogen-bond acceptors (Lipinski definition) is 6. The molecule has 2 unspecified atom stereocenters. The van der Waals surface area contributed by atoms with Crippen molar-refractivity contribution in [2.75, 3.05) is 5.73 Å². The summed E-state index contributed by atoms with van der Waals surface area (Å²) in [6.07, 6.45) is 11.0. The summed E-state index contributed by atoms with van der Waals surface area (Å²) >= 11 is 1.48. The fourth-order valence-electron chi connectivity index (χ4n) is 4.47. The zero-order chi connectivity index (χ0) is 21.5. The lowest BCUT2D eigenvalue weighted by Crippen LogP contribution is -2.20. The molecular weight excluding hydrogens is 394 g/mol. The number of nitrogens with two attached hydrogens (primary N) is 1. The van der Waals surface area contributed by atoms with Crippen LogP contribution in [0.15, 0.2) is 23.7 Å². The first-order chi connectivity index (χ1) is 14.7. The van der Waals surface area contributed by atoms with E-state index in [9.17, 15) is 4.79 Å². The van der Waals surface area contributed by atoms with Crippen molar-refractivity contribution in [1.82, 2.24) is 19.6 Å². The van der Waals surface area contributed by atoms with Gasteiger partial charge in [-0.2, -0.15) is 4.52 Å². The fourth-order valence-corrected chi connectivity index (χ4v) is 5.03. The van der Waals surface area contributed by atoms with Gasteiger partial charge in [-0.05, 0) is 30.4 Å². The van der Waals surface area contributed by atoms with Gasteiger partial charge in [-0.25, -0.2) is 9.97 Å². The molecule has 0 aliphatic heterocycles. The first-order valence-corrected chi connectivity index (χ1v) is 12.1. The average Bonchev–Trinajstić information content (AvgIpc) is 3.44. The van der Waals surface area contributed by atoms with Gasteiger partial charge in [-0.3, -0.25) is 4.79 Å². The summed E-state index contributed by atoms with van der Waals surface area (Å²) in [7, 11) is 0. The SMILES string of the molecule is CC.CCCC1CCCCC1CCC(=O)c1cc(N)n2nc(-c3nccs3)nc2c1. The predicted molar refractivity (Wildman–Crippen MR) is 124 cm³/mol. The molecule has 0 saturated heterocycles. The minimum Gasteiger partial charge on any atom is -0.384 e. The summed E-state index contributed by atoms with van der Waals surface area (Å²) in [6.45, 7) is 6.26. The molecule has 3 aromatic heterocycles. The Balaban J connectivity index is 0.00000124. The number of hydrogen-bond donors (Lipinski definition) is 1. The second kappa shape index (κ2) is 10.7. The number of carbonyl (C=O) groups excluding carboxylic acids is 1. The van der Waals surface area contributed by atoms with Crippen molar-refractivity contribution in [3.05, 3.63) is 29.3 Å². The molecule has 3 aromatic rings. The Morgan fingerprint density at radius 1 is 1.20 bits per heavy atom. The molecule has 0 aromatic carbocycles. The summed E-state index contributed by atoms with van der Waals surface area (Å²) in [4.78, 5) is 21.6. The predicted octanol–water partition coefficient (Wildman–Crippen LogP) is 6.03. The minimum absolute atomic E-state index is 0.147. The van der Waals surface area contributed by atoms with E-state index in [1.54, 1.807) is 22.8 Å². The smallest absolute Gasteiger partial charge is 0.211 e. The topological polar surface area (TPSA) is 86.2 Å². The fraction of sp³-hybridized carbons (Fsp3) is 0.565. The second-order valence-electron chi connectivity index (χ2n) is 7.77. The summed E-state index contributed by atoms with van der Waals surface area (Å²) in [6, 6.07) is 3.52. The largest absolute Gasteiger partial charge is 0.384 e. The molecular formula is C23H33N5OS. The van der Waals surface area contributed by atoms with E-state index in [1.807, 2.05) is 19.2 Å². The number of fused-ring (bicyclic) bond motifs is 1. The molecule has 0 amide bonds. The maximum atomic E-state index is 12.9. The zero-order valence-electron chi connectivity index (χ0n) is 18.3. The molecule has 2 atom stereocenters. The quantitative estimate of drug-likeness (QED) is 0.465. The molecule has 2 N–H and O–H groups in total. The Kier molecular flexibility index (Phi) is 7.96. The van der Waals surface area contributed by atoms with Crippen LogP contribution in [0.4, 0.5) is 5.82 Å². The Morgan fingerprint density at radius 3 is 2.60 bits per heavy atom. The lowest BCUT2D eigenvalue weighted by molar-refractivity contribution is 0.0959. The molecule has 6 nitrogen and oxygen atoms in total. The van der Waals surface area contributed by atoms with Crippen molar-refractivity contribution in [2.45, 2.75) is 72.1 Å². The van der Waals surface area contributed by atoms with Crippen molar-refractivity contribution in [3.8, 4) is 10.8 Å². The minimum atomic E-state index is 0.147. The van der Waals surface area contributed by atoms with Gasteiger partial charge in [-0.15, -0.1) is 16.4 Å². The molecule has 0 spiro atoms. The third-order valence-electron chi connectivity index (χ3n) is 5.88. The van der Waals surface area contributed by atoms with Crippen LogP contribution in [0.25, 0.3) is 16.5 Å². The summed E-state index contributed by atoms with van der Waals surface area (Å²) in [5, 5.41) is 7.05. The van der Waals surface area contributed by atoms with E-state index in [2.05, 4.69) is 22.0 Å². The van der Waals surface area contributed by atoms with Crippen LogP contribution in [-0.2, 0) is 0 Å². The number of nitrogen functional groups attached to an aromatic ring is 1. The molecule has 0 radical (unpaired) electrons. The first kappa shape index (κ1) is 22.4. The van der Waals surface area contributed by atoms with Gasteiger partial charge in [0, 0.05) is 23.6 Å². The third kappa shape index (κ3) is 5.06. The van der Waals surface area contributed by atoms with E-state index < -0.39 is 0 Å². The number of Topliss-reactive ketones (excluding diaryl/α,β-unsaturated/α-hetero) is 1. The number of nitrogens with zero attached hydrogens (tertiary/aromatic N) is 4. The molecule has 1 fully saturated rings. The van der Waals surface area contributed by atoms with Crippen LogP contribution in [0.3, 0.4) is 0 Å². The lowest BCUT2D eigenvalue weighted by atomic mass is 9.74. The van der Waals surface area contributed by atoms with Crippen LogP contribution in [0, 0.1) is 11.8 Å². The van der Waals surface area contributed by atoms with E-state index in [4.69, 9.17) is 5.73 Å². The maximum absolute atomic E-state index is 12.9. The lowest BCUT2D eigenvalue weighted by Gasteiger charge is -2.31. The van der Waals surface area contributed by atoms with Crippen LogP contribution in [0.1, 0.15) is 82.5 Å². The van der Waals surface area contributed by atoms with Crippen molar-refractivity contribution in [2.24, 2.45) is 11.8 Å². The highest BCUT2D eigenvalue weighted by Gasteiger charge is 2.25. The standard InChI is InChI=1S/C21H27N5OS.C2H6/c1-2-5-14-6-3-4-7-15(14)8-9-17(27)16-12-18(22)26-19(13-16)24-20(25-26)21-23-10-11-28-21;1-2/h10-15H,2-9,22H2,1H3;1-2H3. The summed E-state index contributed by atoms with van der Waals surface area (Å²) in [5.41, 5.74) is 7.38. The van der Waals surface area contributed by atoms with Gasteiger partial charge in [0.05, 0.1) is 0 Å². The van der Waals surface area contributed by atoms with E-state index in [0.717, 1.165) is 17.3 Å². The van der Waals surface area contributed by atoms with E-state index in [0.29, 0.717) is 35.2 Å². The Hall–Kier alpha value is -2.28. The molecule has 3 heterocycles. The van der Waals surface area contributed by atoms with Gasteiger partial charge in [0.2, 0.25) is 5.82 Å². The molecule has 0 bridgehead atoms. The number of ketones is 1. The molecule has 7 heteroatoms. The van der Waals surface area contributed by atoms with Crippen molar-refractivity contribution in [1.29, 1.82) is 0 Å². The van der Waals surface area contributed by atoms with Gasteiger partial charge >= 0.3 is 0 Å². The van der Waals surface area contributed by atoms with Gasteiger partial charge in [0.15, 0.2) is 16.4 Å². The van der Waals surface area contributed by atoms with Crippen molar-refractivity contribution in [3.63, 3.8) is 0 Å². The highest BCUT2D eigenvalue weighted by Crippen LogP contribution is 2.36.